The highest BCUT2D eigenvalue weighted by Crippen LogP contribution is 2.32. The van der Waals surface area contributed by atoms with E-state index in [1.165, 1.54) is 12.3 Å². The second kappa shape index (κ2) is 5.04. The number of halogens is 3. The Bertz CT molecular complexity index is 462. The molecule has 1 unspecified atom stereocenters. The number of rotatable bonds is 1. The van der Waals surface area contributed by atoms with Crippen LogP contribution in [0.2, 0.25) is 0 Å². The summed E-state index contributed by atoms with van der Waals surface area (Å²) in [5, 5.41) is 2.94. The van der Waals surface area contributed by atoms with Gasteiger partial charge in [0.15, 0.2) is 0 Å². The number of aliphatic imine (C=N–C) groups is 1. The number of amidine groups is 1. The van der Waals surface area contributed by atoms with Gasteiger partial charge in [-0.3, -0.25) is 0 Å². The van der Waals surface area contributed by atoms with Crippen LogP contribution in [0, 0.1) is 12.3 Å². The summed E-state index contributed by atoms with van der Waals surface area (Å²) >= 11 is 0. The van der Waals surface area contributed by atoms with Crippen LogP contribution in [0.3, 0.4) is 0 Å². The highest BCUT2D eigenvalue weighted by Gasteiger charge is 2.48. The topological polar surface area (TPSA) is 27.6 Å². The molecule has 3 nitrogen and oxygen atoms in total. The van der Waals surface area contributed by atoms with Crippen LogP contribution in [0.1, 0.15) is 34.6 Å². The van der Waals surface area contributed by atoms with Crippen molar-refractivity contribution in [1.82, 2.24) is 10.2 Å². The molecule has 0 radical (unpaired) electrons. The minimum Gasteiger partial charge on any atom is -0.366 e. The van der Waals surface area contributed by atoms with Crippen LogP contribution < -0.4 is 5.32 Å². The monoisotopic (exact) mass is 287 g/mol. The van der Waals surface area contributed by atoms with Crippen LogP contribution in [0.15, 0.2) is 17.3 Å². The summed E-state index contributed by atoms with van der Waals surface area (Å²) < 4.78 is 39.6. The third-order valence-corrected chi connectivity index (χ3v) is 2.71. The molecule has 1 atom stereocenters. The number of hydrogen-bond acceptors (Lipinski definition) is 3. The summed E-state index contributed by atoms with van der Waals surface area (Å²) in [7, 11) is 0. The molecule has 0 aliphatic carbocycles. The van der Waals surface area contributed by atoms with Gasteiger partial charge >= 0.3 is 6.18 Å². The molecule has 20 heavy (non-hydrogen) atoms. The summed E-state index contributed by atoms with van der Waals surface area (Å²) in [6, 6.07) is 0. The highest BCUT2D eigenvalue weighted by atomic mass is 19.4. The van der Waals surface area contributed by atoms with Gasteiger partial charge in [-0.2, -0.15) is 13.2 Å². The van der Waals surface area contributed by atoms with Gasteiger partial charge < -0.3 is 10.2 Å². The van der Waals surface area contributed by atoms with Crippen molar-refractivity contribution in [1.29, 1.82) is 0 Å². The molecule has 0 fully saturated rings. The average molecular weight is 287 g/mol. The number of nitrogens with zero attached hydrogens (tertiary/aromatic N) is 2. The fraction of sp³-hybridized carbons (Fsp3) is 0.643. The minimum absolute atomic E-state index is 0.198. The maximum absolute atomic E-state index is 13.2. The molecule has 0 bridgehead atoms. The van der Waals surface area contributed by atoms with Crippen LogP contribution in [-0.2, 0) is 0 Å². The quantitative estimate of drug-likeness (QED) is 0.751. The van der Waals surface area contributed by atoms with Crippen LogP contribution in [0.5, 0.6) is 0 Å². The van der Waals surface area contributed by atoms with Crippen molar-refractivity contribution < 1.29 is 13.2 Å². The summed E-state index contributed by atoms with van der Waals surface area (Å²) in [6.45, 7) is 8.65. The van der Waals surface area contributed by atoms with Gasteiger partial charge in [-0.25, -0.2) is 4.99 Å². The lowest BCUT2D eigenvalue weighted by molar-refractivity contribution is -0.182. The Morgan fingerprint density at radius 3 is 2.20 bits per heavy atom. The van der Waals surface area contributed by atoms with Gasteiger partial charge in [0.25, 0.3) is 0 Å². The molecule has 6 heteroatoms. The molecule has 1 heterocycles. The first kappa shape index (κ1) is 16.4. The third-order valence-electron chi connectivity index (χ3n) is 2.71. The lowest BCUT2D eigenvalue weighted by Crippen LogP contribution is -2.54. The van der Waals surface area contributed by atoms with Gasteiger partial charge in [0.1, 0.15) is 5.84 Å². The molecule has 1 rings (SSSR count). The summed E-state index contributed by atoms with van der Waals surface area (Å²) in [5.74, 6) is 2.56. The van der Waals surface area contributed by atoms with Crippen molar-refractivity contribution in [3.05, 3.63) is 12.3 Å². The van der Waals surface area contributed by atoms with Crippen molar-refractivity contribution >= 4 is 5.84 Å². The summed E-state index contributed by atoms with van der Waals surface area (Å²) in [6.07, 6.45) is 1.70. The van der Waals surface area contributed by atoms with E-state index in [-0.39, 0.29) is 11.4 Å². The fourth-order valence-electron chi connectivity index (χ4n) is 1.73. The van der Waals surface area contributed by atoms with Gasteiger partial charge in [0.05, 0.1) is 5.54 Å². The third kappa shape index (κ3) is 3.92. The Kier molecular flexibility index (Phi) is 4.14. The molecule has 1 aliphatic rings. The maximum atomic E-state index is 13.2. The molecule has 0 amide bonds. The van der Waals surface area contributed by atoms with Crippen molar-refractivity contribution in [2.75, 3.05) is 0 Å². The zero-order chi connectivity index (χ0) is 15.8. The Balaban J connectivity index is 3.13. The van der Waals surface area contributed by atoms with Gasteiger partial charge in [-0.15, -0.1) is 6.42 Å². The van der Waals surface area contributed by atoms with E-state index in [4.69, 9.17) is 6.42 Å². The molecule has 0 aromatic rings. The second-order valence-corrected chi connectivity index (χ2v) is 6.23. The molecule has 1 N–H and O–H groups in total. The van der Waals surface area contributed by atoms with Crippen LogP contribution >= 0.6 is 0 Å². The smallest absolute Gasteiger partial charge is 0.366 e. The normalized spacial score (nSPS) is 20.4. The molecule has 0 aromatic heterocycles. The lowest BCUT2D eigenvalue weighted by Gasteiger charge is -2.41. The first-order valence-electron chi connectivity index (χ1n) is 6.24. The van der Waals surface area contributed by atoms with Crippen LogP contribution in [-0.4, -0.2) is 34.2 Å². The number of terminal acetylenes is 1. The zero-order valence-corrected chi connectivity index (χ0v) is 12.3. The molecule has 0 saturated heterocycles. The molecule has 0 aromatic carbocycles. The molecule has 1 aliphatic heterocycles. The molecule has 0 saturated carbocycles. The van der Waals surface area contributed by atoms with Gasteiger partial charge in [-0.05, 0) is 40.7 Å². The Morgan fingerprint density at radius 1 is 1.25 bits per heavy atom. The number of nitrogens with one attached hydrogen (secondary N) is 1. The zero-order valence-electron chi connectivity index (χ0n) is 12.3. The van der Waals surface area contributed by atoms with Crippen molar-refractivity contribution in [3.63, 3.8) is 0 Å². The molecule has 112 valence electrons. The van der Waals surface area contributed by atoms with Gasteiger partial charge in [0.2, 0.25) is 6.17 Å². The van der Waals surface area contributed by atoms with Crippen LogP contribution in [0.25, 0.3) is 0 Å². The predicted molar refractivity (Wildman–Crippen MR) is 74.1 cm³/mol. The SMILES string of the molecule is C#CC(C)(C)N1C=CC(NC(C)(C)C)=NC1C(F)(F)F. The highest BCUT2D eigenvalue weighted by molar-refractivity contribution is 5.94. The van der Waals surface area contributed by atoms with Crippen molar-refractivity contribution in [2.45, 2.75) is 58.0 Å². The van der Waals surface area contributed by atoms with E-state index in [9.17, 15) is 13.2 Å². The maximum Gasteiger partial charge on any atom is 0.429 e. The molecular weight excluding hydrogens is 267 g/mol. The Hall–Kier alpha value is -1.64. The summed E-state index contributed by atoms with van der Waals surface area (Å²) in [5.41, 5.74) is -1.45. The summed E-state index contributed by atoms with van der Waals surface area (Å²) in [4.78, 5) is 4.80. The van der Waals surface area contributed by atoms with E-state index in [2.05, 4.69) is 16.2 Å². The predicted octanol–water partition coefficient (Wildman–Crippen LogP) is 2.90. The fourth-order valence-corrected chi connectivity index (χ4v) is 1.73. The van der Waals surface area contributed by atoms with Crippen molar-refractivity contribution in [3.8, 4) is 12.3 Å². The van der Waals surface area contributed by atoms with Gasteiger partial charge in [0, 0.05) is 11.7 Å². The first-order valence-corrected chi connectivity index (χ1v) is 6.24. The van der Waals surface area contributed by atoms with E-state index in [1.807, 2.05) is 20.8 Å². The second-order valence-electron chi connectivity index (χ2n) is 6.23. The van der Waals surface area contributed by atoms with Gasteiger partial charge in [-0.1, -0.05) is 5.92 Å². The Labute approximate surface area is 117 Å². The van der Waals surface area contributed by atoms with E-state index >= 15 is 0 Å². The number of hydrogen-bond donors (Lipinski definition) is 1. The van der Waals surface area contributed by atoms with E-state index < -0.39 is 17.9 Å². The van der Waals surface area contributed by atoms with Crippen LogP contribution in [0.4, 0.5) is 13.2 Å². The van der Waals surface area contributed by atoms with E-state index in [0.29, 0.717) is 0 Å². The standard InChI is InChI=1S/C14H20F3N3/c1-7-13(5,6)20-9-8-10(19-12(2,3)4)18-11(20)14(15,16)17/h1,8-9,11H,2-6H3,(H,18,19). The van der Waals surface area contributed by atoms with E-state index in [1.54, 1.807) is 13.8 Å². The lowest BCUT2D eigenvalue weighted by atomic mass is 10.0. The Morgan fingerprint density at radius 2 is 1.80 bits per heavy atom. The molecule has 0 spiro atoms. The minimum atomic E-state index is -4.50. The first-order chi connectivity index (χ1) is 8.87. The van der Waals surface area contributed by atoms with Crippen molar-refractivity contribution in [2.24, 2.45) is 4.99 Å². The average Bonchev–Trinajstić information content (AvgIpc) is 2.25. The largest absolute Gasteiger partial charge is 0.429 e. The van der Waals surface area contributed by atoms with E-state index in [0.717, 1.165) is 4.90 Å². The number of alkyl halides is 3. The molecular formula is C14H20F3N3.